The van der Waals surface area contributed by atoms with Gasteiger partial charge in [0, 0.05) is 19.4 Å². The molecule has 0 saturated carbocycles. The minimum Gasteiger partial charge on any atom is -0.356 e. The Morgan fingerprint density at radius 3 is 2.61 bits per heavy atom. The molecular formula is C18H25N3O2. The highest BCUT2D eigenvalue weighted by atomic mass is 16.2. The van der Waals surface area contributed by atoms with Crippen molar-refractivity contribution in [3.63, 3.8) is 0 Å². The lowest BCUT2D eigenvalue weighted by Crippen LogP contribution is -2.28. The molecule has 0 saturated heterocycles. The molecule has 1 aromatic carbocycles. The van der Waals surface area contributed by atoms with Crippen molar-refractivity contribution in [2.24, 2.45) is 5.92 Å². The lowest BCUT2D eigenvalue weighted by atomic mass is 10.0. The Hall–Kier alpha value is -2.35. The zero-order valence-corrected chi connectivity index (χ0v) is 13.7. The standard InChI is InChI=1S/C18H25N3O2/c1-15(14-18(23)21-13-11-19)10-12-20-17(22)9-5-8-16-6-3-2-4-7-16/h2-4,6-7,15H,5,8-10,12-14H2,1H3,(H,20,22)(H,21,23). The van der Waals surface area contributed by atoms with Crippen molar-refractivity contribution >= 4 is 11.8 Å². The predicted molar refractivity (Wildman–Crippen MR) is 89.4 cm³/mol. The zero-order valence-electron chi connectivity index (χ0n) is 13.7. The summed E-state index contributed by atoms with van der Waals surface area (Å²) in [5, 5.41) is 13.8. The van der Waals surface area contributed by atoms with Crippen molar-refractivity contribution in [3.8, 4) is 6.07 Å². The molecule has 0 aliphatic rings. The van der Waals surface area contributed by atoms with Gasteiger partial charge in [-0.15, -0.1) is 0 Å². The summed E-state index contributed by atoms with van der Waals surface area (Å²) in [5.41, 5.74) is 1.25. The van der Waals surface area contributed by atoms with Crippen molar-refractivity contribution in [2.75, 3.05) is 13.1 Å². The van der Waals surface area contributed by atoms with Gasteiger partial charge in [0.15, 0.2) is 0 Å². The predicted octanol–water partition coefficient (Wildman–Crippen LogP) is 2.18. The van der Waals surface area contributed by atoms with Crippen LogP contribution in [0.3, 0.4) is 0 Å². The number of hydrogen-bond donors (Lipinski definition) is 2. The molecule has 5 heteroatoms. The molecule has 23 heavy (non-hydrogen) atoms. The molecule has 0 spiro atoms. The maximum atomic E-state index is 11.8. The van der Waals surface area contributed by atoms with E-state index in [9.17, 15) is 9.59 Å². The number of amides is 2. The SMILES string of the molecule is CC(CCNC(=O)CCCc1ccccc1)CC(=O)NCC#N. The highest BCUT2D eigenvalue weighted by Gasteiger charge is 2.09. The van der Waals surface area contributed by atoms with E-state index >= 15 is 0 Å². The lowest BCUT2D eigenvalue weighted by molar-refractivity contribution is -0.121. The summed E-state index contributed by atoms with van der Waals surface area (Å²) in [5.74, 6) is 0.119. The summed E-state index contributed by atoms with van der Waals surface area (Å²) in [6, 6.07) is 12.0. The third-order valence-electron chi connectivity index (χ3n) is 3.57. The van der Waals surface area contributed by atoms with Crippen molar-refractivity contribution < 1.29 is 9.59 Å². The lowest BCUT2D eigenvalue weighted by Gasteiger charge is -2.11. The van der Waals surface area contributed by atoms with Crippen LogP contribution < -0.4 is 10.6 Å². The normalized spacial score (nSPS) is 11.3. The van der Waals surface area contributed by atoms with E-state index in [1.807, 2.05) is 31.2 Å². The van der Waals surface area contributed by atoms with Gasteiger partial charge in [-0.2, -0.15) is 5.26 Å². The third kappa shape index (κ3) is 9.30. The number of aryl methyl sites for hydroxylation is 1. The molecule has 0 aliphatic heterocycles. The van der Waals surface area contributed by atoms with E-state index in [0.717, 1.165) is 19.3 Å². The molecule has 2 amide bonds. The highest BCUT2D eigenvalue weighted by Crippen LogP contribution is 2.07. The fraction of sp³-hybridized carbons (Fsp3) is 0.500. The molecule has 0 aliphatic carbocycles. The molecule has 0 heterocycles. The fourth-order valence-electron chi connectivity index (χ4n) is 2.27. The van der Waals surface area contributed by atoms with Crippen LogP contribution in [0.1, 0.15) is 38.2 Å². The van der Waals surface area contributed by atoms with Gasteiger partial charge in [-0.25, -0.2) is 0 Å². The monoisotopic (exact) mass is 315 g/mol. The molecule has 0 bridgehead atoms. The Morgan fingerprint density at radius 2 is 1.91 bits per heavy atom. The number of benzene rings is 1. The van der Waals surface area contributed by atoms with Crippen molar-refractivity contribution in [3.05, 3.63) is 35.9 Å². The van der Waals surface area contributed by atoms with Gasteiger partial charge in [0.05, 0.1) is 6.07 Å². The molecule has 0 fully saturated rings. The molecule has 2 N–H and O–H groups in total. The van der Waals surface area contributed by atoms with Gasteiger partial charge in [0.2, 0.25) is 11.8 Å². The number of rotatable bonds is 10. The van der Waals surface area contributed by atoms with E-state index < -0.39 is 0 Å². The molecule has 1 atom stereocenters. The first kappa shape index (κ1) is 18.7. The molecule has 5 nitrogen and oxygen atoms in total. The van der Waals surface area contributed by atoms with E-state index in [1.165, 1.54) is 5.56 Å². The average Bonchev–Trinajstić information content (AvgIpc) is 2.54. The first-order chi connectivity index (χ1) is 11.1. The van der Waals surface area contributed by atoms with Crippen molar-refractivity contribution in [1.29, 1.82) is 5.26 Å². The topological polar surface area (TPSA) is 82.0 Å². The maximum Gasteiger partial charge on any atom is 0.221 e. The molecule has 124 valence electrons. The quantitative estimate of drug-likeness (QED) is 0.649. The number of hydrogen-bond acceptors (Lipinski definition) is 3. The summed E-state index contributed by atoms with van der Waals surface area (Å²) >= 11 is 0. The molecule has 1 aromatic rings. The van der Waals surface area contributed by atoms with Crippen LogP contribution in [0.2, 0.25) is 0 Å². The maximum absolute atomic E-state index is 11.8. The number of carbonyl (C=O) groups excluding carboxylic acids is 2. The molecule has 1 unspecified atom stereocenters. The molecule has 1 rings (SSSR count). The van der Waals surface area contributed by atoms with E-state index in [2.05, 4.69) is 22.8 Å². The Morgan fingerprint density at radius 1 is 1.17 bits per heavy atom. The number of carbonyl (C=O) groups is 2. The minimum absolute atomic E-state index is 0.0453. The smallest absolute Gasteiger partial charge is 0.221 e. The average molecular weight is 315 g/mol. The van der Waals surface area contributed by atoms with Gasteiger partial charge in [0.1, 0.15) is 6.54 Å². The summed E-state index contributed by atoms with van der Waals surface area (Å²) < 4.78 is 0. The van der Waals surface area contributed by atoms with Crippen LogP contribution in [-0.4, -0.2) is 24.9 Å². The van der Waals surface area contributed by atoms with Crippen LogP contribution in [0.5, 0.6) is 0 Å². The van der Waals surface area contributed by atoms with E-state index in [-0.39, 0.29) is 24.3 Å². The molecule has 0 radical (unpaired) electrons. The minimum atomic E-state index is -0.117. The van der Waals surface area contributed by atoms with Crippen LogP contribution in [0.4, 0.5) is 0 Å². The van der Waals surface area contributed by atoms with E-state index in [4.69, 9.17) is 5.26 Å². The Bertz CT molecular complexity index is 523. The second kappa shape index (κ2) is 11.2. The van der Waals surface area contributed by atoms with Gasteiger partial charge in [-0.3, -0.25) is 9.59 Å². The number of nitriles is 1. The summed E-state index contributed by atoms with van der Waals surface area (Å²) in [6.07, 6.45) is 3.40. The van der Waals surface area contributed by atoms with Crippen LogP contribution in [0.15, 0.2) is 30.3 Å². The largest absolute Gasteiger partial charge is 0.356 e. The third-order valence-corrected chi connectivity index (χ3v) is 3.57. The van der Waals surface area contributed by atoms with Gasteiger partial charge in [-0.05, 0) is 30.7 Å². The van der Waals surface area contributed by atoms with E-state index in [1.54, 1.807) is 0 Å². The van der Waals surface area contributed by atoms with Crippen LogP contribution in [-0.2, 0) is 16.0 Å². The first-order valence-corrected chi connectivity index (χ1v) is 8.06. The highest BCUT2D eigenvalue weighted by molar-refractivity contribution is 5.76. The second-order valence-electron chi connectivity index (χ2n) is 5.72. The summed E-state index contributed by atoms with van der Waals surface area (Å²) in [7, 11) is 0. The number of nitrogens with zero attached hydrogens (tertiary/aromatic N) is 1. The van der Waals surface area contributed by atoms with Gasteiger partial charge >= 0.3 is 0 Å². The van der Waals surface area contributed by atoms with Crippen LogP contribution >= 0.6 is 0 Å². The summed E-state index contributed by atoms with van der Waals surface area (Å²) in [6.45, 7) is 2.59. The summed E-state index contributed by atoms with van der Waals surface area (Å²) in [4.78, 5) is 23.2. The van der Waals surface area contributed by atoms with Crippen LogP contribution in [0, 0.1) is 17.2 Å². The van der Waals surface area contributed by atoms with Gasteiger partial charge in [-0.1, -0.05) is 37.3 Å². The van der Waals surface area contributed by atoms with Crippen molar-refractivity contribution in [2.45, 2.75) is 39.0 Å². The Kier molecular flexibility index (Phi) is 9.14. The van der Waals surface area contributed by atoms with Crippen molar-refractivity contribution in [1.82, 2.24) is 10.6 Å². The second-order valence-corrected chi connectivity index (χ2v) is 5.72. The fourth-order valence-corrected chi connectivity index (χ4v) is 2.27. The Labute approximate surface area is 138 Å². The first-order valence-electron chi connectivity index (χ1n) is 8.06. The Balaban J connectivity index is 2.07. The zero-order chi connectivity index (χ0) is 16.9. The van der Waals surface area contributed by atoms with Gasteiger partial charge < -0.3 is 10.6 Å². The van der Waals surface area contributed by atoms with E-state index in [0.29, 0.717) is 19.4 Å². The van der Waals surface area contributed by atoms with Gasteiger partial charge in [0.25, 0.3) is 0 Å². The molecular weight excluding hydrogens is 290 g/mol. The number of nitrogens with one attached hydrogen (secondary N) is 2. The molecule has 0 aromatic heterocycles. The van der Waals surface area contributed by atoms with Crippen LogP contribution in [0.25, 0.3) is 0 Å².